The second-order valence-electron chi connectivity index (χ2n) is 6.27. The standard InChI is InChI=1S/C10H15NO3.C9H12O2.C2H7NO.C2H4/c1-13-9-4-2-3-5-10(9)14-7-8(12)6-11;1-6-4-3-5-7(2)8(6)9(10)11;1-2(3)4;1-2/h2-5,8,12H,6-7,11H2,1H3;3-5,9-11H,1-2H3;2,4H,3H2,1H3;1-2H2. The maximum Gasteiger partial charge on any atom is 0.178 e. The zero-order valence-corrected chi connectivity index (χ0v) is 18.9. The van der Waals surface area contributed by atoms with E-state index in [-0.39, 0.29) is 13.2 Å². The number of methoxy groups -OCH3 is 1. The van der Waals surface area contributed by atoms with Crippen molar-refractivity contribution in [3.63, 3.8) is 0 Å². The van der Waals surface area contributed by atoms with Gasteiger partial charge in [-0.3, -0.25) is 0 Å². The molecule has 8 heteroatoms. The van der Waals surface area contributed by atoms with Crippen LogP contribution in [-0.2, 0) is 0 Å². The molecule has 0 aliphatic rings. The third-order valence-electron chi connectivity index (χ3n) is 3.57. The minimum absolute atomic E-state index is 0.177. The highest BCUT2D eigenvalue weighted by Gasteiger charge is 2.08. The topological polar surface area (TPSA) is 151 Å². The molecule has 0 aromatic heterocycles. The second kappa shape index (κ2) is 18.3. The van der Waals surface area contributed by atoms with Crippen LogP contribution < -0.4 is 20.9 Å². The largest absolute Gasteiger partial charge is 0.493 e. The maximum atomic E-state index is 9.19. The molecule has 0 heterocycles. The first-order chi connectivity index (χ1) is 14.6. The zero-order chi connectivity index (χ0) is 24.4. The molecule has 176 valence electrons. The van der Waals surface area contributed by atoms with Crippen LogP contribution in [0.4, 0.5) is 0 Å². The molecule has 2 atom stereocenters. The molecule has 0 amide bonds. The molecule has 0 aliphatic carbocycles. The van der Waals surface area contributed by atoms with E-state index < -0.39 is 18.6 Å². The van der Waals surface area contributed by atoms with E-state index in [2.05, 4.69) is 18.9 Å². The van der Waals surface area contributed by atoms with Crippen LogP contribution in [0.25, 0.3) is 0 Å². The summed E-state index contributed by atoms with van der Waals surface area (Å²) in [4.78, 5) is 0. The average molecular weight is 439 g/mol. The number of para-hydroxylation sites is 2. The quantitative estimate of drug-likeness (QED) is 0.295. The second-order valence-corrected chi connectivity index (χ2v) is 6.27. The summed E-state index contributed by atoms with van der Waals surface area (Å²) in [5.41, 5.74) is 12.4. The Morgan fingerprint density at radius 1 is 0.903 bits per heavy atom. The van der Waals surface area contributed by atoms with Gasteiger partial charge in [-0.25, -0.2) is 0 Å². The number of rotatable bonds is 6. The summed E-state index contributed by atoms with van der Waals surface area (Å²) in [6.45, 7) is 11.6. The molecular formula is C23H38N2O6. The summed E-state index contributed by atoms with van der Waals surface area (Å²) in [6.07, 6.45) is -2.66. The van der Waals surface area contributed by atoms with E-state index in [1.54, 1.807) is 19.2 Å². The average Bonchev–Trinajstić information content (AvgIpc) is 2.73. The Bertz CT molecular complexity index is 687. The monoisotopic (exact) mass is 438 g/mol. The van der Waals surface area contributed by atoms with Gasteiger partial charge in [0.05, 0.1) is 13.3 Å². The summed E-state index contributed by atoms with van der Waals surface area (Å²) < 4.78 is 10.4. The lowest BCUT2D eigenvalue weighted by molar-refractivity contribution is -0.0433. The molecule has 8 nitrogen and oxygen atoms in total. The molecule has 31 heavy (non-hydrogen) atoms. The van der Waals surface area contributed by atoms with Gasteiger partial charge in [-0.05, 0) is 44.0 Å². The minimum atomic E-state index is -1.35. The summed E-state index contributed by atoms with van der Waals surface area (Å²) >= 11 is 0. The van der Waals surface area contributed by atoms with Crippen LogP contribution in [0.2, 0.25) is 0 Å². The van der Waals surface area contributed by atoms with Gasteiger partial charge in [0.1, 0.15) is 12.7 Å². The zero-order valence-electron chi connectivity index (χ0n) is 18.9. The number of aryl methyl sites for hydroxylation is 2. The maximum absolute atomic E-state index is 9.19. The van der Waals surface area contributed by atoms with Gasteiger partial charge >= 0.3 is 0 Å². The Morgan fingerprint density at radius 2 is 1.35 bits per heavy atom. The number of aliphatic hydroxyl groups is 4. The first kappa shape index (κ1) is 30.7. The number of hydrogen-bond donors (Lipinski definition) is 6. The van der Waals surface area contributed by atoms with Gasteiger partial charge in [0, 0.05) is 12.1 Å². The van der Waals surface area contributed by atoms with Crippen molar-refractivity contribution in [2.45, 2.75) is 39.4 Å². The summed E-state index contributed by atoms with van der Waals surface area (Å²) in [5, 5.41) is 34.9. The van der Waals surface area contributed by atoms with Crippen LogP contribution in [0.5, 0.6) is 11.5 Å². The van der Waals surface area contributed by atoms with E-state index in [1.165, 1.54) is 6.92 Å². The predicted octanol–water partition coefficient (Wildman–Crippen LogP) is 1.77. The van der Waals surface area contributed by atoms with Gasteiger partial charge < -0.3 is 41.4 Å². The van der Waals surface area contributed by atoms with E-state index >= 15 is 0 Å². The number of ether oxygens (including phenoxy) is 2. The highest BCUT2D eigenvalue weighted by molar-refractivity contribution is 5.39. The van der Waals surface area contributed by atoms with Crippen LogP contribution in [0.3, 0.4) is 0 Å². The van der Waals surface area contributed by atoms with Gasteiger partial charge in [-0.2, -0.15) is 0 Å². The summed E-state index contributed by atoms with van der Waals surface area (Å²) in [7, 11) is 1.57. The van der Waals surface area contributed by atoms with Crippen molar-refractivity contribution in [3.8, 4) is 11.5 Å². The Kier molecular flexibility index (Phi) is 18.2. The van der Waals surface area contributed by atoms with Gasteiger partial charge in [0.2, 0.25) is 0 Å². The minimum Gasteiger partial charge on any atom is -0.493 e. The fourth-order valence-electron chi connectivity index (χ4n) is 2.23. The number of aliphatic hydroxyl groups excluding tert-OH is 3. The van der Waals surface area contributed by atoms with E-state index in [4.69, 9.17) is 30.5 Å². The Labute approximate surface area is 185 Å². The van der Waals surface area contributed by atoms with E-state index in [0.29, 0.717) is 17.1 Å². The lowest BCUT2D eigenvalue weighted by Gasteiger charge is -2.12. The van der Waals surface area contributed by atoms with E-state index in [9.17, 15) is 5.11 Å². The van der Waals surface area contributed by atoms with Crippen LogP contribution in [0.15, 0.2) is 55.6 Å². The summed E-state index contributed by atoms with van der Waals surface area (Å²) in [6, 6.07) is 12.9. The van der Waals surface area contributed by atoms with Crippen molar-refractivity contribution in [1.29, 1.82) is 0 Å². The fourth-order valence-corrected chi connectivity index (χ4v) is 2.23. The van der Waals surface area contributed by atoms with E-state index in [0.717, 1.165) is 11.1 Å². The molecule has 2 aromatic carbocycles. The predicted molar refractivity (Wildman–Crippen MR) is 124 cm³/mol. The highest BCUT2D eigenvalue weighted by atomic mass is 16.5. The molecule has 0 radical (unpaired) electrons. The van der Waals surface area contributed by atoms with Crippen molar-refractivity contribution < 1.29 is 29.9 Å². The molecule has 0 spiro atoms. The van der Waals surface area contributed by atoms with Gasteiger partial charge in [-0.15, -0.1) is 13.2 Å². The number of nitrogens with two attached hydrogens (primary N) is 2. The van der Waals surface area contributed by atoms with Crippen molar-refractivity contribution in [2.24, 2.45) is 11.5 Å². The van der Waals surface area contributed by atoms with Crippen LogP contribution >= 0.6 is 0 Å². The van der Waals surface area contributed by atoms with Crippen molar-refractivity contribution in [1.82, 2.24) is 0 Å². The summed E-state index contributed by atoms with van der Waals surface area (Å²) in [5.74, 6) is 1.26. The first-order valence-electron chi connectivity index (χ1n) is 9.63. The SMILES string of the molecule is C=C.CC(N)O.COc1ccccc1OCC(O)CN.Cc1cccc(C)c1C(O)O. The van der Waals surface area contributed by atoms with Crippen LogP contribution in [0, 0.1) is 13.8 Å². The van der Waals surface area contributed by atoms with Crippen molar-refractivity contribution in [3.05, 3.63) is 72.3 Å². The molecule has 0 saturated carbocycles. The van der Waals surface area contributed by atoms with Crippen molar-refractivity contribution >= 4 is 0 Å². The molecule has 0 bridgehead atoms. The molecule has 0 fully saturated rings. The molecular weight excluding hydrogens is 400 g/mol. The molecule has 8 N–H and O–H groups in total. The Morgan fingerprint density at radius 3 is 1.71 bits per heavy atom. The van der Waals surface area contributed by atoms with E-state index in [1.807, 2.05) is 44.2 Å². The normalized spacial score (nSPS) is 11.5. The lowest BCUT2D eigenvalue weighted by atomic mass is 10.0. The molecule has 2 aromatic rings. The Hall–Kier alpha value is -2.46. The molecule has 0 aliphatic heterocycles. The fraction of sp³-hybridized carbons (Fsp3) is 0.391. The van der Waals surface area contributed by atoms with Gasteiger partial charge in [-0.1, -0.05) is 30.3 Å². The van der Waals surface area contributed by atoms with Gasteiger partial charge in [0.25, 0.3) is 0 Å². The van der Waals surface area contributed by atoms with Crippen molar-refractivity contribution in [2.75, 3.05) is 20.3 Å². The van der Waals surface area contributed by atoms with Crippen LogP contribution in [-0.4, -0.2) is 53.0 Å². The number of hydrogen-bond acceptors (Lipinski definition) is 8. The third-order valence-corrected chi connectivity index (χ3v) is 3.57. The van der Waals surface area contributed by atoms with Gasteiger partial charge in [0.15, 0.2) is 17.8 Å². The highest BCUT2D eigenvalue weighted by Crippen LogP contribution is 2.25. The number of benzene rings is 2. The molecule has 0 saturated heterocycles. The van der Waals surface area contributed by atoms with Crippen LogP contribution in [0.1, 0.15) is 29.9 Å². The Balaban J connectivity index is 0. The lowest BCUT2D eigenvalue weighted by Crippen LogP contribution is -2.26. The first-order valence-corrected chi connectivity index (χ1v) is 9.63. The smallest absolute Gasteiger partial charge is 0.178 e. The molecule has 2 rings (SSSR count). The molecule has 2 unspecified atom stereocenters. The third kappa shape index (κ3) is 14.2.